The van der Waals surface area contributed by atoms with E-state index in [9.17, 15) is 0 Å². The second kappa shape index (κ2) is 9.76. The Morgan fingerprint density at radius 3 is 2.42 bits per heavy atom. The predicted molar refractivity (Wildman–Crippen MR) is 104 cm³/mol. The normalized spacial score (nSPS) is 11.4. The highest BCUT2D eigenvalue weighted by Gasteiger charge is 2.15. The molecular weight excluding hydrogens is 294 g/mol. The number of nitrogens with zero attached hydrogens (tertiary/aromatic N) is 3. The third-order valence-electron chi connectivity index (χ3n) is 3.43. The fraction of sp³-hybridized carbons (Fsp3) is 0.381. The van der Waals surface area contributed by atoms with Crippen molar-refractivity contribution in [1.29, 1.82) is 0 Å². The maximum atomic E-state index is 4.73. The van der Waals surface area contributed by atoms with Crippen LogP contribution in [0.3, 0.4) is 0 Å². The van der Waals surface area contributed by atoms with Gasteiger partial charge in [0.25, 0.3) is 0 Å². The Labute approximate surface area is 146 Å². The van der Waals surface area contributed by atoms with Gasteiger partial charge in [-0.1, -0.05) is 39.0 Å². The second-order valence-corrected chi connectivity index (χ2v) is 5.33. The molecule has 0 bridgehead atoms. The summed E-state index contributed by atoms with van der Waals surface area (Å²) >= 11 is 0. The smallest absolute Gasteiger partial charge is 0.126 e. The number of pyridine rings is 1. The summed E-state index contributed by atoms with van der Waals surface area (Å²) in [6, 6.07) is 4.11. The molecule has 0 atom stereocenters. The summed E-state index contributed by atoms with van der Waals surface area (Å²) in [7, 11) is 0. The Morgan fingerprint density at radius 1 is 1.12 bits per heavy atom. The van der Waals surface area contributed by atoms with Crippen LogP contribution in [-0.4, -0.2) is 15.0 Å². The van der Waals surface area contributed by atoms with E-state index in [1.807, 2.05) is 53.8 Å². The van der Waals surface area contributed by atoms with Crippen LogP contribution in [0.15, 0.2) is 36.6 Å². The first-order chi connectivity index (χ1) is 11.6. The highest BCUT2D eigenvalue weighted by atomic mass is 14.9. The van der Waals surface area contributed by atoms with Crippen LogP contribution in [0.4, 0.5) is 0 Å². The van der Waals surface area contributed by atoms with Gasteiger partial charge in [-0.2, -0.15) is 0 Å². The average Bonchev–Trinajstić information content (AvgIpc) is 2.56. The molecule has 0 unspecified atom stereocenters. The topological polar surface area (TPSA) is 38.7 Å². The standard InChI is InChI=1S/C19H23N3.C2H6/c1-6-8-16(9-7-2)19-18(14(4)21-15(5)22-19)17-10-11-20-13(3)12-17;1-2/h6,8-12H,7H2,1-5H3;1-2H3/b8-6-,16-9+;. The van der Waals surface area contributed by atoms with Gasteiger partial charge in [0.15, 0.2) is 0 Å². The fourth-order valence-electron chi connectivity index (χ4n) is 2.61. The number of hydrogen-bond acceptors (Lipinski definition) is 3. The van der Waals surface area contributed by atoms with Gasteiger partial charge in [-0.3, -0.25) is 4.98 Å². The lowest BCUT2D eigenvalue weighted by atomic mass is 9.97. The lowest BCUT2D eigenvalue weighted by molar-refractivity contribution is 1.000. The maximum absolute atomic E-state index is 4.73. The van der Waals surface area contributed by atoms with Crippen molar-refractivity contribution in [2.75, 3.05) is 0 Å². The van der Waals surface area contributed by atoms with E-state index in [0.717, 1.165) is 46.0 Å². The first-order valence-corrected chi connectivity index (χ1v) is 8.68. The Bertz CT molecular complexity index is 728. The molecule has 24 heavy (non-hydrogen) atoms. The van der Waals surface area contributed by atoms with Crippen LogP contribution < -0.4 is 0 Å². The molecule has 0 fully saturated rings. The monoisotopic (exact) mass is 323 g/mol. The minimum atomic E-state index is 0.800. The molecule has 0 aliphatic heterocycles. The molecule has 0 saturated heterocycles. The van der Waals surface area contributed by atoms with E-state index in [4.69, 9.17) is 4.98 Å². The van der Waals surface area contributed by atoms with E-state index in [0.29, 0.717) is 0 Å². The van der Waals surface area contributed by atoms with Crippen LogP contribution in [0.1, 0.15) is 57.0 Å². The number of rotatable bonds is 4. The predicted octanol–water partition coefficient (Wildman–Crippen LogP) is 5.86. The third kappa shape index (κ3) is 4.85. The molecule has 0 aromatic carbocycles. The van der Waals surface area contributed by atoms with Crippen molar-refractivity contribution in [3.8, 4) is 11.1 Å². The Morgan fingerprint density at radius 2 is 1.83 bits per heavy atom. The highest BCUT2D eigenvalue weighted by Crippen LogP contribution is 2.31. The molecule has 3 heteroatoms. The number of hydrogen-bond donors (Lipinski definition) is 0. The van der Waals surface area contributed by atoms with Gasteiger partial charge in [0.1, 0.15) is 5.82 Å². The molecule has 2 aromatic rings. The van der Waals surface area contributed by atoms with Crippen molar-refractivity contribution in [3.63, 3.8) is 0 Å². The molecule has 0 saturated carbocycles. The van der Waals surface area contributed by atoms with Crippen LogP contribution in [0, 0.1) is 20.8 Å². The molecule has 3 nitrogen and oxygen atoms in total. The van der Waals surface area contributed by atoms with Crippen LogP contribution >= 0.6 is 0 Å². The lowest BCUT2D eigenvalue weighted by Crippen LogP contribution is -2.02. The largest absolute Gasteiger partial charge is 0.262 e. The molecule has 0 N–H and O–H groups in total. The number of aromatic nitrogens is 3. The summed E-state index contributed by atoms with van der Waals surface area (Å²) in [4.78, 5) is 13.6. The first kappa shape index (κ1) is 19.8. The quantitative estimate of drug-likeness (QED) is 0.661. The zero-order valence-corrected chi connectivity index (χ0v) is 16.0. The van der Waals surface area contributed by atoms with Crippen molar-refractivity contribution < 1.29 is 0 Å². The summed E-state index contributed by atoms with van der Waals surface area (Å²) in [5.74, 6) is 0.800. The van der Waals surface area contributed by atoms with Crippen LogP contribution in [0.2, 0.25) is 0 Å². The minimum absolute atomic E-state index is 0.800. The van der Waals surface area contributed by atoms with E-state index in [2.05, 4.69) is 41.2 Å². The van der Waals surface area contributed by atoms with Gasteiger partial charge in [0.2, 0.25) is 0 Å². The van der Waals surface area contributed by atoms with Gasteiger partial charge in [0.05, 0.1) is 5.69 Å². The van der Waals surface area contributed by atoms with Crippen LogP contribution in [-0.2, 0) is 0 Å². The van der Waals surface area contributed by atoms with Crippen molar-refractivity contribution in [2.45, 2.75) is 54.9 Å². The molecule has 2 aromatic heterocycles. The molecule has 0 aliphatic carbocycles. The Kier molecular flexibility index (Phi) is 8.03. The van der Waals surface area contributed by atoms with Crippen molar-refractivity contribution >= 4 is 5.57 Å². The van der Waals surface area contributed by atoms with Crippen molar-refractivity contribution in [1.82, 2.24) is 15.0 Å². The average molecular weight is 323 g/mol. The first-order valence-electron chi connectivity index (χ1n) is 8.68. The number of aryl methyl sites for hydroxylation is 3. The van der Waals surface area contributed by atoms with Crippen molar-refractivity contribution in [2.24, 2.45) is 0 Å². The van der Waals surface area contributed by atoms with E-state index in [1.54, 1.807) is 0 Å². The van der Waals surface area contributed by atoms with Gasteiger partial charge in [0, 0.05) is 23.1 Å². The second-order valence-electron chi connectivity index (χ2n) is 5.33. The summed E-state index contributed by atoms with van der Waals surface area (Å²) in [6.45, 7) is 14.2. The van der Waals surface area contributed by atoms with Crippen LogP contribution in [0.5, 0.6) is 0 Å². The molecule has 128 valence electrons. The molecule has 0 aliphatic rings. The Balaban J connectivity index is 0.00000139. The van der Waals surface area contributed by atoms with E-state index in [-0.39, 0.29) is 0 Å². The van der Waals surface area contributed by atoms with Gasteiger partial charge in [-0.15, -0.1) is 0 Å². The molecule has 2 heterocycles. The molecular formula is C21H29N3. The third-order valence-corrected chi connectivity index (χ3v) is 3.43. The molecule has 0 radical (unpaired) electrons. The summed E-state index contributed by atoms with van der Waals surface area (Å²) < 4.78 is 0. The van der Waals surface area contributed by atoms with E-state index < -0.39 is 0 Å². The summed E-state index contributed by atoms with van der Waals surface area (Å²) in [6.07, 6.45) is 9.18. The summed E-state index contributed by atoms with van der Waals surface area (Å²) in [5, 5.41) is 0. The van der Waals surface area contributed by atoms with Gasteiger partial charge in [-0.25, -0.2) is 9.97 Å². The molecule has 0 amide bonds. The van der Waals surface area contributed by atoms with Gasteiger partial charge >= 0.3 is 0 Å². The Hall–Kier alpha value is -2.29. The SMILES string of the molecule is C/C=C\C(=C/CC)c1nc(C)nc(C)c1-c1ccnc(C)c1.CC. The van der Waals surface area contributed by atoms with Crippen LogP contribution in [0.25, 0.3) is 16.7 Å². The highest BCUT2D eigenvalue weighted by molar-refractivity contribution is 5.84. The lowest BCUT2D eigenvalue weighted by Gasteiger charge is -2.14. The molecule has 0 spiro atoms. The summed E-state index contributed by atoms with van der Waals surface area (Å²) in [5.41, 5.74) is 6.34. The zero-order valence-electron chi connectivity index (χ0n) is 16.0. The van der Waals surface area contributed by atoms with E-state index >= 15 is 0 Å². The van der Waals surface area contributed by atoms with Gasteiger partial charge < -0.3 is 0 Å². The minimum Gasteiger partial charge on any atom is -0.262 e. The number of allylic oxidation sites excluding steroid dienone is 4. The maximum Gasteiger partial charge on any atom is 0.126 e. The van der Waals surface area contributed by atoms with Crippen molar-refractivity contribution in [3.05, 3.63) is 59.5 Å². The molecule has 2 rings (SSSR count). The zero-order chi connectivity index (χ0) is 18.1. The fourth-order valence-corrected chi connectivity index (χ4v) is 2.61. The van der Waals surface area contributed by atoms with Gasteiger partial charge in [-0.05, 0) is 57.4 Å². The van der Waals surface area contributed by atoms with E-state index in [1.165, 1.54) is 0 Å².